The molecular weight excluding hydrogens is 340 g/mol. The SMILES string of the molecule is CCOC(=O)c1c(N=CNO)c(=O)oc2c1cc(OC)c1ccccc12. The van der Waals surface area contributed by atoms with Gasteiger partial charge in [-0.05, 0) is 13.0 Å². The second kappa shape index (κ2) is 7.24. The molecule has 0 saturated carbocycles. The number of nitrogens with one attached hydrogen (secondary N) is 1. The van der Waals surface area contributed by atoms with Gasteiger partial charge in [0.1, 0.15) is 23.2 Å². The van der Waals surface area contributed by atoms with E-state index < -0.39 is 11.6 Å². The van der Waals surface area contributed by atoms with E-state index in [4.69, 9.17) is 19.1 Å². The summed E-state index contributed by atoms with van der Waals surface area (Å²) < 4.78 is 15.9. The molecule has 134 valence electrons. The van der Waals surface area contributed by atoms with E-state index in [0.29, 0.717) is 16.5 Å². The highest BCUT2D eigenvalue weighted by atomic mass is 16.5. The summed E-state index contributed by atoms with van der Waals surface area (Å²) in [5.74, 6) is -0.226. The molecule has 1 aromatic heterocycles. The highest BCUT2D eigenvalue weighted by molar-refractivity contribution is 6.15. The summed E-state index contributed by atoms with van der Waals surface area (Å²) in [6, 6.07) is 8.79. The van der Waals surface area contributed by atoms with Crippen molar-refractivity contribution in [2.24, 2.45) is 4.99 Å². The summed E-state index contributed by atoms with van der Waals surface area (Å²) in [4.78, 5) is 28.7. The lowest BCUT2D eigenvalue weighted by molar-refractivity contribution is 0.0529. The Bertz CT molecular complexity index is 1070. The van der Waals surface area contributed by atoms with Gasteiger partial charge in [0.2, 0.25) is 0 Å². The van der Waals surface area contributed by atoms with Gasteiger partial charge in [0, 0.05) is 16.2 Å². The number of fused-ring (bicyclic) bond motifs is 3. The van der Waals surface area contributed by atoms with E-state index in [0.717, 1.165) is 11.7 Å². The van der Waals surface area contributed by atoms with E-state index in [-0.39, 0.29) is 23.4 Å². The third kappa shape index (κ3) is 2.86. The van der Waals surface area contributed by atoms with Gasteiger partial charge in [-0.15, -0.1) is 0 Å². The van der Waals surface area contributed by atoms with Crippen molar-refractivity contribution >= 4 is 39.7 Å². The Hall–Kier alpha value is -3.39. The van der Waals surface area contributed by atoms with Crippen LogP contribution in [0.1, 0.15) is 17.3 Å². The number of nitrogens with zero attached hydrogens (tertiary/aromatic N) is 1. The van der Waals surface area contributed by atoms with Crippen LogP contribution in [0.3, 0.4) is 0 Å². The Labute approximate surface area is 147 Å². The van der Waals surface area contributed by atoms with Gasteiger partial charge in [0.15, 0.2) is 5.69 Å². The van der Waals surface area contributed by atoms with Crippen LogP contribution in [0.2, 0.25) is 0 Å². The van der Waals surface area contributed by atoms with Crippen molar-refractivity contribution in [1.29, 1.82) is 0 Å². The molecule has 0 aliphatic carbocycles. The van der Waals surface area contributed by atoms with Gasteiger partial charge < -0.3 is 13.9 Å². The molecule has 1 heterocycles. The number of hydroxylamine groups is 1. The van der Waals surface area contributed by atoms with Crippen LogP contribution in [0.4, 0.5) is 5.69 Å². The first-order chi connectivity index (χ1) is 12.6. The molecule has 8 nitrogen and oxygen atoms in total. The van der Waals surface area contributed by atoms with Crippen molar-refractivity contribution < 1.29 is 23.9 Å². The lowest BCUT2D eigenvalue weighted by Gasteiger charge is -2.12. The van der Waals surface area contributed by atoms with E-state index in [2.05, 4.69) is 4.99 Å². The van der Waals surface area contributed by atoms with Crippen molar-refractivity contribution in [2.75, 3.05) is 13.7 Å². The van der Waals surface area contributed by atoms with Gasteiger partial charge in [0.25, 0.3) is 0 Å². The molecule has 0 radical (unpaired) electrons. The normalized spacial score (nSPS) is 11.2. The predicted octanol–water partition coefficient (Wildman–Crippen LogP) is 2.77. The topological polar surface area (TPSA) is 110 Å². The zero-order valence-electron chi connectivity index (χ0n) is 14.1. The number of hydrogen-bond donors (Lipinski definition) is 2. The van der Waals surface area contributed by atoms with Crippen molar-refractivity contribution in [3.63, 3.8) is 0 Å². The second-order valence-corrected chi connectivity index (χ2v) is 5.22. The molecule has 0 aliphatic rings. The summed E-state index contributed by atoms with van der Waals surface area (Å²) in [7, 11) is 1.51. The first-order valence-electron chi connectivity index (χ1n) is 7.78. The standard InChI is InChI=1S/C18H16N2O6/c1-3-25-17(21)14-12-8-13(24-2)10-6-4-5-7-11(10)16(12)26-18(22)15(14)19-9-20-23/h4-9,23H,3H2,1-2H3,(H,19,20). The number of aliphatic imine (C=N–C) groups is 1. The van der Waals surface area contributed by atoms with E-state index in [9.17, 15) is 9.59 Å². The monoisotopic (exact) mass is 356 g/mol. The third-order valence-corrected chi connectivity index (χ3v) is 3.80. The zero-order chi connectivity index (χ0) is 18.7. The Balaban J connectivity index is 2.51. The maximum atomic E-state index is 12.5. The van der Waals surface area contributed by atoms with E-state index in [1.54, 1.807) is 30.6 Å². The smallest absolute Gasteiger partial charge is 0.363 e. The number of carbonyl (C=O) groups excluding carboxylic acids is 1. The number of hydrogen-bond acceptors (Lipinski definition) is 7. The van der Waals surface area contributed by atoms with Crippen LogP contribution in [-0.4, -0.2) is 31.2 Å². The molecule has 0 fully saturated rings. The molecule has 3 rings (SSSR count). The Morgan fingerprint density at radius 3 is 2.69 bits per heavy atom. The van der Waals surface area contributed by atoms with Crippen molar-refractivity contribution in [2.45, 2.75) is 6.92 Å². The van der Waals surface area contributed by atoms with Crippen LogP contribution in [-0.2, 0) is 4.74 Å². The summed E-state index contributed by atoms with van der Waals surface area (Å²) in [5, 5.41) is 10.4. The van der Waals surface area contributed by atoms with Crippen LogP contribution in [0, 0.1) is 0 Å². The van der Waals surface area contributed by atoms with E-state index in [1.807, 2.05) is 12.1 Å². The molecule has 3 aromatic rings. The van der Waals surface area contributed by atoms with E-state index in [1.165, 1.54) is 7.11 Å². The molecule has 0 saturated heterocycles. The van der Waals surface area contributed by atoms with Crippen LogP contribution in [0.5, 0.6) is 5.75 Å². The van der Waals surface area contributed by atoms with Crippen LogP contribution >= 0.6 is 0 Å². The summed E-state index contributed by atoms with van der Waals surface area (Å²) in [5.41, 5.74) is 0.745. The highest BCUT2D eigenvalue weighted by Gasteiger charge is 2.24. The highest BCUT2D eigenvalue weighted by Crippen LogP contribution is 2.36. The van der Waals surface area contributed by atoms with Gasteiger partial charge in [0.05, 0.1) is 13.7 Å². The fourth-order valence-electron chi connectivity index (χ4n) is 2.77. The lowest BCUT2D eigenvalue weighted by Crippen LogP contribution is -2.13. The molecule has 0 unspecified atom stereocenters. The second-order valence-electron chi connectivity index (χ2n) is 5.22. The fourth-order valence-corrected chi connectivity index (χ4v) is 2.77. The number of carbonyl (C=O) groups is 1. The predicted molar refractivity (Wildman–Crippen MR) is 95.6 cm³/mol. The zero-order valence-corrected chi connectivity index (χ0v) is 14.1. The Morgan fingerprint density at radius 1 is 1.31 bits per heavy atom. The third-order valence-electron chi connectivity index (χ3n) is 3.80. The van der Waals surface area contributed by atoms with Gasteiger partial charge in [-0.25, -0.2) is 14.6 Å². The van der Waals surface area contributed by atoms with Gasteiger partial charge in [-0.1, -0.05) is 24.3 Å². The molecular formula is C18H16N2O6. The fraction of sp³-hybridized carbons (Fsp3) is 0.167. The molecule has 2 N–H and O–H groups in total. The minimum atomic E-state index is -0.831. The molecule has 0 aliphatic heterocycles. The number of esters is 1. The summed E-state index contributed by atoms with van der Waals surface area (Å²) >= 11 is 0. The molecule has 0 spiro atoms. The maximum absolute atomic E-state index is 12.5. The van der Waals surface area contributed by atoms with Gasteiger partial charge >= 0.3 is 11.6 Å². The van der Waals surface area contributed by atoms with Gasteiger partial charge in [-0.3, -0.25) is 10.7 Å². The maximum Gasteiger partial charge on any atom is 0.363 e. The molecule has 0 amide bonds. The van der Waals surface area contributed by atoms with Crippen LogP contribution in [0.15, 0.2) is 44.5 Å². The van der Waals surface area contributed by atoms with Crippen molar-refractivity contribution in [1.82, 2.24) is 5.48 Å². The quantitative estimate of drug-likeness (QED) is 0.181. The van der Waals surface area contributed by atoms with Crippen molar-refractivity contribution in [3.8, 4) is 5.75 Å². The first-order valence-corrected chi connectivity index (χ1v) is 7.78. The van der Waals surface area contributed by atoms with Crippen LogP contribution in [0.25, 0.3) is 21.7 Å². The Kier molecular flexibility index (Phi) is 4.85. The Morgan fingerprint density at radius 2 is 2.04 bits per heavy atom. The summed E-state index contributed by atoms with van der Waals surface area (Å²) in [6.07, 6.45) is 0.860. The molecule has 26 heavy (non-hydrogen) atoms. The number of ether oxygens (including phenoxy) is 2. The molecule has 8 heteroatoms. The lowest BCUT2D eigenvalue weighted by atomic mass is 10.0. The molecule has 0 bridgehead atoms. The average molecular weight is 356 g/mol. The first kappa shape index (κ1) is 17.4. The number of rotatable bonds is 5. The average Bonchev–Trinajstić information content (AvgIpc) is 2.65. The van der Waals surface area contributed by atoms with Crippen molar-refractivity contribution in [3.05, 3.63) is 46.3 Å². The largest absolute Gasteiger partial charge is 0.496 e. The minimum Gasteiger partial charge on any atom is -0.496 e. The summed E-state index contributed by atoms with van der Waals surface area (Å²) in [6.45, 7) is 1.77. The molecule has 0 atom stereocenters. The number of methoxy groups -OCH3 is 1. The molecule has 2 aromatic carbocycles. The van der Waals surface area contributed by atoms with E-state index >= 15 is 0 Å². The van der Waals surface area contributed by atoms with Crippen LogP contribution < -0.4 is 15.8 Å². The number of benzene rings is 2. The van der Waals surface area contributed by atoms with Gasteiger partial charge in [-0.2, -0.15) is 0 Å². The minimum absolute atomic E-state index is 0.0614.